The van der Waals surface area contributed by atoms with Gasteiger partial charge in [-0.3, -0.25) is 9.59 Å². The molecular formula is C21H23NO5S. The monoisotopic (exact) mass is 401 g/mol. The quantitative estimate of drug-likeness (QED) is 0.495. The molecule has 7 heteroatoms. The highest BCUT2D eigenvalue weighted by Crippen LogP contribution is 2.16. The van der Waals surface area contributed by atoms with Crippen LogP contribution in [0.15, 0.2) is 59.5 Å². The van der Waals surface area contributed by atoms with Crippen molar-refractivity contribution >= 4 is 27.9 Å². The van der Waals surface area contributed by atoms with Gasteiger partial charge >= 0.3 is 5.97 Å². The predicted octanol–water partition coefficient (Wildman–Crippen LogP) is 3.46. The highest BCUT2D eigenvalue weighted by molar-refractivity contribution is 7.89. The first kappa shape index (κ1) is 21.5. The molecule has 2 aromatic rings. The molecule has 0 aliphatic carbocycles. The number of ketones is 1. The molecule has 2 aromatic carbocycles. The topological polar surface area (TPSA) is 101 Å². The summed E-state index contributed by atoms with van der Waals surface area (Å²) in [5.41, 5.74) is 2.48. The average Bonchev–Trinajstić information content (AvgIpc) is 2.66. The van der Waals surface area contributed by atoms with Crippen LogP contribution in [-0.2, 0) is 14.8 Å². The normalized spacial score (nSPS) is 11.8. The predicted molar refractivity (Wildman–Crippen MR) is 108 cm³/mol. The van der Waals surface area contributed by atoms with E-state index in [1.165, 1.54) is 35.9 Å². The van der Waals surface area contributed by atoms with Crippen LogP contribution >= 0.6 is 0 Å². The number of rotatable bonds is 9. The van der Waals surface area contributed by atoms with E-state index in [9.17, 15) is 18.0 Å². The van der Waals surface area contributed by atoms with Crippen LogP contribution < -0.4 is 4.72 Å². The third-order valence-corrected chi connectivity index (χ3v) is 5.59. The SMILES string of the molecule is CC(C)c1ccc(/C=C/C(=O)c2ccc(S(=O)(=O)NCCC(=O)O)cc2)cc1. The van der Waals surface area contributed by atoms with Crippen LogP contribution in [0, 0.1) is 0 Å². The van der Waals surface area contributed by atoms with Gasteiger partial charge in [0, 0.05) is 12.1 Å². The Morgan fingerprint density at radius 3 is 2.18 bits per heavy atom. The Balaban J connectivity index is 2.03. The smallest absolute Gasteiger partial charge is 0.304 e. The Morgan fingerprint density at radius 1 is 1.04 bits per heavy atom. The van der Waals surface area contributed by atoms with Crippen molar-refractivity contribution < 1.29 is 23.1 Å². The van der Waals surface area contributed by atoms with Gasteiger partial charge in [-0.05, 0) is 47.4 Å². The van der Waals surface area contributed by atoms with Crippen LogP contribution in [-0.4, -0.2) is 31.8 Å². The maximum Gasteiger partial charge on any atom is 0.304 e. The summed E-state index contributed by atoms with van der Waals surface area (Å²) < 4.78 is 26.4. The first-order valence-electron chi connectivity index (χ1n) is 8.83. The van der Waals surface area contributed by atoms with E-state index in [-0.39, 0.29) is 23.6 Å². The lowest BCUT2D eigenvalue weighted by atomic mass is 10.0. The minimum absolute atomic E-state index is 0.0253. The van der Waals surface area contributed by atoms with Gasteiger partial charge < -0.3 is 5.11 Å². The number of allylic oxidation sites excluding steroid dienone is 1. The van der Waals surface area contributed by atoms with Gasteiger partial charge in [-0.2, -0.15) is 0 Å². The fraction of sp³-hybridized carbons (Fsp3) is 0.238. The standard InChI is InChI=1S/C21H23NO5S/c1-15(2)17-6-3-16(4-7-17)5-12-20(23)18-8-10-19(11-9-18)28(26,27)22-14-13-21(24)25/h3-12,15,22H,13-14H2,1-2H3,(H,24,25)/b12-5+. The summed E-state index contributed by atoms with van der Waals surface area (Å²) >= 11 is 0. The Bertz CT molecular complexity index is 959. The molecule has 0 saturated heterocycles. The molecule has 0 radical (unpaired) electrons. The maximum absolute atomic E-state index is 12.3. The number of aliphatic carboxylic acids is 1. The molecular weight excluding hydrogens is 378 g/mol. The van der Waals surface area contributed by atoms with Crippen LogP contribution in [0.3, 0.4) is 0 Å². The van der Waals surface area contributed by atoms with Crippen LogP contribution in [0.25, 0.3) is 6.08 Å². The molecule has 2 rings (SSSR count). The number of sulfonamides is 1. The number of benzene rings is 2. The molecule has 0 amide bonds. The molecule has 28 heavy (non-hydrogen) atoms. The zero-order chi connectivity index (χ0) is 20.7. The van der Waals surface area contributed by atoms with Crippen molar-refractivity contribution in [3.63, 3.8) is 0 Å². The van der Waals surface area contributed by atoms with Crippen LogP contribution in [0.2, 0.25) is 0 Å². The number of hydrogen-bond donors (Lipinski definition) is 2. The third-order valence-electron chi connectivity index (χ3n) is 4.11. The van der Waals surface area contributed by atoms with Crippen molar-refractivity contribution in [3.05, 3.63) is 71.3 Å². The lowest BCUT2D eigenvalue weighted by Gasteiger charge is -2.06. The third kappa shape index (κ3) is 6.14. The number of carbonyl (C=O) groups excluding carboxylic acids is 1. The van der Waals surface area contributed by atoms with E-state index in [4.69, 9.17) is 5.11 Å². The van der Waals surface area contributed by atoms with Crippen LogP contribution in [0.4, 0.5) is 0 Å². The summed E-state index contributed by atoms with van der Waals surface area (Å²) in [6, 6.07) is 13.4. The fourth-order valence-electron chi connectivity index (χ4n) is 2.43. The summed E-state index contributed by atoms with van der Waals surface area (Å²) in [5.74, 6) is -0.891. The molecule has 0 aromatic heterocycles. The van der Waals surface area contributed by atoms with Crippen LogP contribution in [0.5, 0.6) is 0 Å². The van der Waals surface area contributed by atoms with Crippen molar-refractivity contribution in [1.29, 1.82) is 0 Å². The summed E-state index contributed by atoms with van der Waals surface area (Å²) in [4.78, 5) is 22.7. The molecule has 0 atom stereocenters. The maximum atomic E-state index is 12.3. The second kappa shape index (κ2) is 9.43. The van der Waals surface area contributed by atoms with Gasteiger partial charge in [0.1, 0.15) is 0 Å². The highest BCUT2D eigenvalue weighted by atomic mass is 32.2. The zero-order valence-electron chi connectivity index (χ0n) is 15.8. The molecule has 0 unspecified atom stereocenters. The Morgan fingerprint density at radius 2 is 1.64 bits per heavy atom. The zero-order valence-corrected chi connectivity index (χ0v) is 16.6. The van der Waals surface area contributed by atoms with E-state index in [2.05, 4.69) is 18.6 Å². The molecule has 0 fully saturated rings. The Labute approximate surface area is 165 Å². The van der Waals surface area contributed by atoms with E-state index < -0.39 is 16.0 Å². The van der Waals surface area contributed by atoms with E-state index >= 15 is 0 Å². The summed E-state index contributed by atoms with van der Waals surface area (Å²) in [5, 5.41) is 8.57. The number of nitrogens with one attached hydrogen (secondary N) is 1. The Kier molecular flexibility index (Phi) is 7.25. The number of carboxylic acid groups (broad SMARTS) is 1. The highest BCUT2D eigenvalue weighted by Gasteiger charge is 2.14. The molecule has 0 aliphatic heterocycles. The molecule has 0 heterocycles. The Hall–Kier alpha value is -2.77. The first-order valence-corrected chi connectivity index (χ1v) is 10.3. The molecule has 0 bridgehead atoms. The van der Waals surface area contributed by atoms with Gasteiger partial charge in [0.25, 0.3) is 0 Å². The molecule has 0 aliphatic rings. The molecule has 0 spiro atoms. The van der Waals surface area contributed by atoms with Gasteiger partial charge in [0.15, 0.2) is 5.78 Å². The molecule has 0 saturated carbocycles. The minimum Gasteiger partial charge on any atom is -0.481 e. The van der Waals surface area contributed by atoms with Gasteiger partial charge in [-0.25, -0.2) is 13.1 Å². The van der Waals surface area contributed by atoms with Crippen molar-refractivity contribution in [2.45, 2.75) is 31.1 Å². The van der Waals surface area contributed by atoms with Crippen molar-refractivity contribution in [1.82, 2.24) is 4.72 Å². The molecule has 2 N–H and O–H groups in total. The average molecular weight is 401 g/mol. The fourth-order valence-corrected chi connectivity index (χ4v) is 3.47. The van der Waals surface area contributed by atoms with E-state index in [0.29, 0.717) is 11.5 Å². The molecule has 148 valence electrons. The van der Waals surface area contributed by atoms with E-state index in [1.54, 1.807) is 6.08 Å². The first-order chi connectivity index (χ1) is 13.2. The second-order valence-electron chi connectivity index (χ2n) is 6.58. The summed E-state index contributed by atoms with van der Waals surface area (Å²) in [6.07, 6.45) is 2.85. The summed E-state index contributed by atoms with van der Waals surface area (Å²) in [6.45, 7) is 4.02. The van der Waals surface area contributed by atoms with Crippen LogP contribution in [0.1, 0.15) is 47.7 Å². The van der Waals surface area contributed by atoms with Crippen molar-refractivity contribution in [2.75, 3.05) is 6.54 Å². The van der Waals surface area contributed by atoms with Gasteiger partial charge in [-0.1, -0.05) is 44.2 Å². The second-order valence-corrected chi connectivity index (χ2v) is 8.35. The van der Waals surface area contributed by atoms with Gasteiger partial charge in [0.2, 0.25) is 10.0 Å². The largest absolute Gasteiger partial charge is 0.481 e. The number of hydrogen-bond acceptors (Lipinski definition) is 4. The van der Waals surface area contributed by atoms with Gasteiger partial charge in [0.05, 0.1) is 11.3 Å². The number of carbonyl (C=O) groups is 2. The van der Waals surface area contributed by atoms with E-state index in [0.717, 1.165) is 5.56 Å². The van der Waals surface area contributed by atoms with Crippen molar-refractivity contribution in [2.24, 2.45) is 0 Å². The lowest BCUT2D eigenvalue weighted by molar-refractivity contribution is -0.136. The summed E-state index contributed by atoms with van der Waals surface area (Å²) in [7, 11) is -3.81. The molecule has 6 nitrogen and oxygen atoms in total. The van der Waals surface area contributed by atoms with Gasteiger partial charge in [-0.15, -0.1) is 0 Å². The van der Waals surface area contributed by atoms with Crippen molar-refractivity contribution in [3.8, 4) is 0 Å². The number of carboxylic acids is 1. The lowest BCUT2D eigenvalue weighted by Crippen LogP contribution is -2.26. The minimum atomic E-state index is -3.81. The van der Waals surface area contributed by atoms with E-state index in [1.807, 2.05) is 24.3 Å².